The molecule has 0 radical (unpaired) electrons. The van der Waals surface area contributed by atoms with Crippen LogP contribution >= 0.6 is 0 Å². The van der Waals surface area contributed by atoms with Crippen molar-refractivity contribution in [3.8, 4) is 5.75 Å². The van der Waals surface area contributed by atoms with Crippen LogP contribution in [-0.4, -0.2) is 54.4 Å². The fourth-order valence-electron chi connectivity index (χ4n) is 5.29. The highest BCUT2D eigenvalue weighted by Gasteiger charge is 2.52. The standard InChI is InChI=1S/C26H30NO6.BrH/c28-25(26(29,23-9-4-16-31-23)24-10-5-17-32-24)33-22-19-27(14-11-20(22)12-15-27)13-6-18-30-21-7-2-1-3-8-21;/h1-5,7-10,16-17,20,22,29H,6,11-15,18-19H2;1H/q+1;/p-1/t20?,22-,27?;/m0./s1. The molecule has 182 valence electrons. The minimum Gasteiger partial charge on any atom is -1.00 e. The molecule has 0 amide bonds. The average Bonchev–Trinajstić information content (AvgIpc) is 3.58. The molecular weight excluding hydrogens is 502 g/mol. The Morgan fingerprint density at radius 2 is 1.65 bits per heavy atom. The molecular formula is C26H30BrNO6. The normalized spacial score (nSPS) is 23.8. The van der Waals surface area contributed by atoms with Crippen molar-refractivity contribution < 1.29 is 49.7 Å². The van der Waals surface area contributed by atoms with E-state index in [0.717, 1.165) is 55.7 Å². The molecule has 0 spiro atoms. The number of quaternary nitrogens is 1. The van der Waals surface area contributed by atoms with Gasteiger partial charge in [0.2, 0.25) is 0 Å². The maximum atomic E-state index is 13.3. The number of nitrogens with zero attached hydrogens (tertiary/aromatic N) is 1. The first-order chi connectivity index (χ1) is 16.1. The third-order valence-electron chi connectivity index (χ3n) is 7.14. The zero-order valence-corrected chi connectivity index (χ0v) is 20.6. The number of fused-ring (bicyclic) bond motifs is 3. The minimum absolute atomic E-state index is 0. The van der Waals surface area contributed by atoms with Gasteiger partial charge >= 0.3 is 5.97 Å². The van der Waals surface area contributed by atoms with Crippen molar-refractivity contribution in [1.29, 1.82) is 0 Å². The Morgan fingerprint density at radius 3 is 2.24 bits per heavy atom. The molecule has 2 bridgehead atoms. The molecule has 1 atom stereocenters. The van der Waals surface area contributed by atoms with Gasteiger partial charge in [-0.2, -0.15) is 0 Å². The van der Waals surface area contributed by atoms with Gasteiger partial charge in [0, 0.05) is 25.2 Å². The Labute approximate surface area is 209 Å². The largest absolute Gasteiger partial charge is 1.00 e. The van der Waals surface area contributed by atoms with Crippen molar-refractivity contribution in [3.63, 3.8) is 0 Å². The third kappa shape index (κ3) is 4.80. The zero-order chi connectivity index (χ0) is 22.7. The Kier molecular flexibility index (Phi) is 7.50. The molecule has 0 saturated carbocycles. The number of esters is 1. The molecule has 3 aromatic rings. The second-order valence-corrected chi connectivity index (χ2v) is 9.16. The summed E-state index contributed by atoms with van der Waals surface area (Å²) in [5.74, 6) is 0.622. The van der Waals surface area contributed by atoms with E-state index in [1.165, 1.54) is 12.5 Å². The average molecular weight is 532 g/mol. The summed E-state index contributed by atoms with van der Waals surface area (Å²) in [6.07, 6.45) is 5.55. The molecule has 1 N–H and O–H groups in total. The fourth-order valence-corrected chi connectivity index (χ4v) is 5.29. The number of rotatable bonds is 9. The van der Waals surface area contributed by atoms with Gasteiger partial charge in [-0.15, -0.1) is 0 Å². The first-order valence-electron chi connectivity index (χ1n) is 11.6. The summed E-state index contributed by atoms with van der Waals surface area (Å²) in [6, 6.07) is 16.2. The highest BCUT2D eigenvalue weighted by molar-refractivity contribution is 5.83. The number of hydrogen-bond acceptors (Lipinski definition) is 6. The van der Waals surface area contributed by atoms with E-state index in [2.05, 4.69) is 0 Å². The molecule has 34 heavy (non-hydrogen) atoms. The lowest BCUT2D eigenvalue weighted by atomic mass is 9.83. The summed E-state index contributed by atoms with van der Waals surface area (Å²) < 4.78 is 23.6. The third-order valence-corrected chi connectivity index (χ3v) is 7.14. The van der Waals surface area contributed by atoms with Gasteiger partial charge in [0.25, 0.3) is 5.60 Å². The van der Waals surface area contributed by atoms with Crippen molar-refractivity contribution in [2.45, 2.75) is 31.0 Å². The summed E-state index contributed by atoms with van der Waals surface area (Å²) in [5, 5.41) is 11.4. The predicted molar refractivity (Wildman–Crippen MR) is 119 cm³/mol. The molecule has 3 aliphatic heterocycles. The van der Waals surface area contributed by atoms with Gasteiger partial charge in [-0.3, -0.25) is 0 Å². The summed E-state index contributed by atoms with van der Waals surface area (Å²) in [5.41, 5.74) is -2.10. The number of hydrogen-bond donors (Lipinski definition) is 1. The lowest BCUT2D eigenvalue weighted by Crippen LogP contribution is -3.00. The SMILES string of the molecule is O=C(O[C@H]1C[N+]2(CCCOc3ccccc3)CCC1CC2)C(O)(c1ccco1)c1ccco1.[Br-]. The van der Waals surface area contributed by atoms with Crippen LogP contribution < -0.4 is 21.7 Å². The number of furan rings is 2. The van der Waals surface area contributed by atoms with E-state index < -0.39 is 11.6 Å². The smallest absolute Gasteiger partial charge is 0.354 e. The monoisotopic (exact) mass is 531 g/mol. The highest BCUT2D eigenvalue weighted by atomic mass is 79.9. The Morgan fingerprint density at radius 1 is 1.00 bits per heavy atom. The topological polar surface area (TPSA) is 82.0 Å². The number of benzene rings is 1. The molecule has 6 rings (SSSR count). The summed E-state index contributed by atoms with van der Waals surface area (Å²) in [6.45, 7) is 4.58. The summed E-state index contributed by atoms with van der Waals surface area (Å²) >= 11 is 0. The molecule has 5 heterocycles. The van der Waals surface area contributed by atoms with Crippen LogP contribution in [0.2, 0.25) is 0 Å². The molecule has 3 saturated heterocycles. The maximum absolute atomic E-state index is 13.3. The number of carbonyl (C=O) groups is 1. The summed E-state index contributed by atoms with van der Waals surface area (Å²) in [4.78, 5) is 13.3. The predicted octanol–water partition coefficient (Wildman–Crippen LogP) is 0.734. The van der Waals surface area contributed by atoms with Crippen LogP contribution in [0.4, 0.5) is 0 Å². The van der Waals surface area contributed by atoms with Crippen LogP contribution in [-0.2, 0) is 15.1 Å². The van der Waals surface area contributed by atoms with E-state index in [4.69, 9.17) is 18.3 Å². The van der Waals surface area contributed by atoms with Crippen LogP contribution in [0.1, 0.15) is 30.8 Å². The number of ether oxygens (including phenoxy) is 2. The molecule has 8 heteroatoms. The fraction of sp³-hybridized carbons (Fsp3) is 0.423. The van der Waals surface area contributed by atoms with Gasteiger partial charge in [0.15, 0.2) is 17.6 Å². The number of para-hydroxylation sites is 1. The highest BCUT2D eigenvalue weighted by Crippen LogP contribution is 2.38. The van der Waals surface area contributed by atoms with E-state index >= 15 is 0 Å². The molecule has 3 aliphatic rings. The van der Waals surface area contributed by atoms with Gasteiger partial charge in [-0.05, 0) is 36.4 Å². The molecule has 7 nitrogen and oxygen atoms in total. The van der Waals surface area contributed by atoms with Crippen LogP contribution in [0.15, 0.2) is 76.0 Å². The molecule has 1 aromatic carbocycles. The number of aliphatic hydroxyl groups is 1. The Hall–Kier alpha value is -2.55. The molecule has 0 aliphatic carbocycles. The number of piperidine rings is 3. The second-order valence-electron chi connectivity index (χ2n) is 9.16. The lowest BCUT2D eigenvalue weighted by Gasteiger charge is -2.52. The number of halogens is 1. The molecule has 3 fully saturated rings. The molecule has 0 unspecified atom stereocenters. The lowest BCUT2D eigenvalue weighted by molar-refractivity contribution is -0.946. The van der Waals surface area contributed by atoms with E-state index in [0.29, 0.717) is 12.5 Å². The van der Waals surface area contributed by atoms with Crippen molar-refractivity contribution in [2.75, 3.05) is 32.8 Å². The number of carbonyl (C=O) groups excluding carboxylic acids is 1. The Balaban J connectivity index is 0.00000274. The van der Waals surface area contributed by atoms with Crippen LogP contribution in [0.25, 0.3) is 0 Å². The van der Waals surface area contributed by atoms with Crippen molar-refractivity contribution >= 4 is 5.97 Å². The van der Waals surface area contributed by atoms with Crippen LogP contribution in [0, 0.1) is 5.92 Å². The summed E-state index contributed by atoms with van der Waals surface area (Å²) in [7, 11) is 0. The quantitative estimate of drug-likeness (QED) is 0.249. The van der Waals surface area contributed by atoms with Crippen molar-refractivity contribution in [1.82, 2.24) is 0 Å². The molecule has 2 aromatic heterocycles. The van der Waals surface area contributed by atoms with Gasteiger partial charge in [-0.1, -0.05) is 18.2 Å². The Bertz CT molecular complexity index is 994. The zero-order valence-electron chi connectivity index (χ0n) is 19.0. The minimum atomic E-state index is -2.10. The van der Waals surface area contributed by atoms with Crippen molar-refractivity contribution in [3.05, 3.63) is 78.6 Å². The van der Waals surface area contributed by atoms with Crippen LogP contribution in [0.5, 0.6) is 5.75 Å². The van der Waals surface area contributed by atoms with E-state index in [1.54, 1.807) is 24.3 Å². The van der Waals surface area contributed by atoms with E-state index in [1.807, 2.05) is 30.3 Å². The maximum Gasteiger partial charge on any atom is 0.354 e. The first-order valence-corrected chi connectivity index (χ1v) is 11.6. The van der Waals surface area contributed by atoms with E-state index in [-0.39, 0.29) is 34.6 Å². The van der Waals surface area contributed by atoms with E-state index in [9.17, 15) is 9.90 Å². The van der Waals surface area contributed by atoms with Crippen LogP contribution in [0.3, 0.4) is 0 Å². The van der Waals surface area contributed by atoms with Gasteiger partial charge in [0.1, 0.15) is 12.3 Å². The van der Waals surface area contributed by atoms with Crippen molar-refractivity contribution in [2.24, 2.45) is 5.92 Å². The second kappa shape index (κ2) is 10.4. The first kappa shape index (κ1) is 24.6. The van der Waals surface area contributed by atoms with Gasteiger partial charge < -0.3 is 44.9 Å². The van der Waals surface area contributed by atoms with Gasteiger partial charge in [-0.25, -0.2) is 4.79 Å². The van der Waals surface area contributed by atoms with Gasteiger partial charge in [0.05, 0.1) is 38.8 Å².